The number of hydrogen-bond acceptors (Lipinski definition) is 4. The van der Waals surface area contributed by atoms with Crippen LogP contribution >= 0.6 is 15.9 Å². The molecule has 7 heteroatoms. The summed E-state index contributed by atoms with van der Waals surface area (Å²) in [5.74, 6) is -0.527. The standard InChI is InChI=1S/C15H20BrNO5/c1-21-10-8-17(11-15(19)20)14(18)7-4-9-22-13-6-3-2-5-12(13)16/h2-3,5-6H,4,7-11H2,1H3,(H,19,20). The van der Waals surface area contributed by atoms with Gasteiger partial charge in [0.2, 0.25) is 5.91 Å². The van der Waals surface area contributed by atoms with Gasteiger partial charge in [-0.1, -0.05) is 12.1 Å². The largest absolute Gasteiger partial charge is 0.492 e. The third-order valence-corrected chi connectivity index (χ3v) is 3.53. The summed E-state index contributed by atoms with van der Waals surface area (Å²) in [6.07, 6.45) is 0.755. The van der Waals surface area contributed by atoms with E-state index in [-0.39, 0.29) is 25.4 Å². The number of nitrogens with zero attached hydrogens (tertiary/aromatic N) is 1. The molecule has 0 radical (unpaired) electrons. The fraction of sp³-hybridized carbons (Fsp3) is 0.467. The van der Waals surface area contributed by atoms with E-state index < -0.39 is 5.97 Å². The van der Waals surface area contributed by atoms with E-state index >= 15 is 0 Å². The molecule has 6 nitrogen and oxygen atoms in total. The number of carboxylic acid groups (broad SMARTS) is 1. The molecule has 0 saturated carbocycles. The summed E-state index contributed by atoms with van der Waals surface area (Å²) in [5, 5.41) is 8.82. The number of carbonyl (C=O) groups excluding carboxylic acids is 1. The Morgan fingerprint density at radius 2 is 2.00 bits per heavy atom. The Morgan fingerprint density at radius 3 is 2.64 bits per heavy atom. The number of rotatable bonds is 10. The zero-order valence-corrected chi connectivity index (χ0v) is 14.0. The van der Waals surface area contributed by atoms with Crippen LogP contribution in [-0.4, -0.2) is 55.3 Å². The van der Waals surface area contributed by atoms with E-state index in [0.29, 0.717) is 19.6 Å². The average molecular weight is 374 g/mol. The second kappa shape index (κ2) is 10.2. The minimum absolute atomic E-state index is 0.213. The molecular weight excluding hydrogens is 354 g/mol. The quantitative estimate of drug-likeness (QED) is 0.636. The molecule has 0 unspecified atom stereocenters. The molecule has 0 fully saturated rings. The Kier molecular flexibility index (Phi) is 8.54. The summed E-state index contributed by atoms with van der Waals surface area (Å²) in [6.45, 7) is 0.659. The van der Waals surface area contributed by atoms with Crippen molar-refractivity contribution in [2.45, 2.75) is 12.8 Å². The molecule has 122 valence electrons. The van der Waals surface area contributed by atoms with E-state index in [2.05, 4.69) is 15.9 Å². The number of carboxylic acids is 1. The van der Waals surface area contributed by atoms with Crippen molar-refractivity contribution in [2.24, 2.45) is 0 Å². The van der Waals surface area contributed by atoms with Gasteiger partial charge in [-0.3, -0.25) is 9.59 Å². The highest BCUT2D eigenvalue weighted by molar-refractivity contribution is 9.10. The second-order valence-electron chi connectivity index (χ2n) is 4.58. The van der Waals surface area contributed by atoms with Gasteiger partial charge in [-0.2, -0.15) is 0 Å². The molecule has 22 heavy (non-hydrogen) atoms. The molecular formula is C15H20BrNO5. The topological polar surface area (TPSA) is 76.1 Å². The number of benzene rings is 1. The van der Waals surface area contributed by atoms with Gasteiger partial charge in [0.15, 0.2) is 0 Å². The first-order chi connectivity index (χ1) is 10.5. The lowest BCUT2D eigenvalue weighted by atomic mass is 10.2. The number of amides is 1. The summed E-state index contributed by atoms with van der Waals surface area (Å²) in [4.78, 5) is 24.1. The van der Waals surface area contributed by atoms with Crippen molar-refractivity contribution in [3.05, 3.63) is 28.7 Å². The Hall–Kier alpha value is -1.60. The van der Waals surface area contributed by atoms with Crippen molar-refractivity contribution in [1.82, 2.24) is 4.90 Å². The lowest BCUT2D eigenvalue weighted by Gasteiger charge is -2.20. The van der Waals surface area contributed by atoms with Crippen molar-refractivity contribution in [3.8, 4) is 5.75 Å². The van der Waals surface area contributed by atoms with E-state index in [1.54, 1.807) is 0 Å². The number of ether oxygens (including phenoxy) is 2. The number of carbonyl (C=O) groups is 2. The average Bonchev–Trinajstić information content (AvgIpc) is 2.49. The van der Waals surface area contributed by atoms with Gasteiger partial charge >= 0.3 is 5.97 Å². The zero-order chi connectivity index (χ0) is 16.4. The molecule has 1 aromatic carbocycles. The highest BCUT2D eigenvalue weighted by Crippen LogP contribution is 2.23. The van der Waals surface area contributed by atoms with Crippen molar-refractivity contribution in [1.29, 1.82) is 0 Å². The van der Waals surface area contributed by atoms with Crippen LogP contribution < -0.4 is 4.74 Å². The molecule has 0 heterocycles. The van der Waals surface area contributed by atoms with Gasteiger partial charge in [-0.15, -0.1) is 0 Å². The van der Waals surface area contributed by atoms with Gasteiger partial charge in [0.1, 0.15) is 12.3 Å². The van der Waals surface area contributed by atoms with Gasteiger partial charge in [0, 0.05) is 20.1 Å². The second-order valence-corrected chi connectivity index (χ2v) is 5.44. The molecule has 0 atom stereocenters. The maximum atomic E-state index is 12.0. The highest BCUT2D eigenvalue weighted by atomic mass is 79.9. The molecule has 1 amide bonds. The van der Waals surface area contributed by atoms with Crippen LogP contribution in [0.3, 0.4) is 0 Å². The van der Waals surface area contributed by atoms with Gasteiger partial charge in [0.25, 0.3) is 0 Å². The Morgan fingerprint density at radius 1 is 1.27 bits per heavy atom. The fourth-order valence-corrected chi connectivity index (χ4v) is 2.18. The van der Waals surface area contributed by atoms with Crippen LogP contribution in [0.1, 0.15) is 12.8 Å². The molecule has 0 aliphatic carbocycles. The number of methoxy groups -OCH3 is 1. The predicted molar refractivity (Wildman–Crippen MR) is 85.0 cm³/mol. The van der Waals surface area contributed by atoms with Gasteiger partial charge in [-0.05, 0) is 34.5 Å². The molecule has 0 bridgehead atoms. The normalized spacial score (nSPS) is 10.3. The lowest BCUT2D eigenvalue weighted by molar-refractivity contribution is -0.145. The maximum absolute atomic E-state index is 12.0. The van der Waals surface area contributed by atoms with Gasteiger partial charge in [-0.25, -0.2) is 0 Å². The van der Waals surface area contributed by atoms with Crippen LogP contribution in [0.15, 0.2) is 28.7 Å². The van der Waals surface area contributed by atoms with Crippen LogP contribution in [0.2, 0.25) is 0 Å². The Bertz CT molecular complexity index is 495. The summed E-state index contributed by atoms with van der Waals surface area (Å²) in [6, 6.07) is 7.46. The van der Waals surface area contributed by atoms with E-state index in [4.69, 9.17) is 14.6 Å². The van der Waals surface area contributed by atoms with E-state index in [1.165, 1.54) is 12.0 Å². The van der Waals surface area contributed by atoms with Crippen LogP contribution in [0.5, 0.6) is 5.75 Å². The number of aliphatic carboxylic acids is 1. The summed E-state index contributed by atoms with van der Waals surface area (Å²) in [7, 11) is 1.51. The number of para-hydroxylation sites is 1. The molecule has 1 rings (SSSR count). The lowest BCUT2D eigenvalue weighted by Crippen LogP contribution is -2.38. The molecule has 0 aliphatic heterocycles. The molecule has 0 saturated heterocycles. The molecule has 1 N–H and O–H groups in total. The third-order valence-electron chi connectivity index (χ3n) is 2.87. The van der Waals surface area contributed by atoms with Crippen LogP contribution in [0.25, 0.3) is 0 Å². The SMILES string of the molecule is COCCN(CC(=O)O)C(=O)CCCOc1ccccc1Br. The molecule has 0 aliphatic rings. The van der Waals surface area contributed by atoms with Crippen molar-refractivity contribution in [2.75, 3.05) is 33.4 Å². The molecule has 0 spiro atoms. The third kappa shape index (κ3) is 6.91. The van der Waals surface area contributed by atoms with Crippen molar-refractivity contribution >= 4 is 27.8 Å². The van der Waals surface area contributed by atoms with Crippen LogP contribution in [-0.2, 0) is 14.3 Å². The first-order valence-corrected chi connectivity index (χ1v) is 7.69. The minimum atomic E-state index is -1.03. The van der Waals surface area contributed by atoms with E-state index in [0.717, 1.165) is 10.2 Å². The first-order valence-electron chi connectivity index (χ1n) is 6.90. The van der Waals surface area contributed by atoms with Crippen molar-refractivity contribution in [3.63, 3.8) is 0 Å². The van der Waals surface area contributed by atoms with Crippen LogP contribution in [0.4, 0.5) is 0 Å². The predicted octanol–water partition coefficient (Wildman–Crippen LogP) is 2.17. The van der Waals surface area contributed by atoms with Gasteiger partial charge < -0.3 is 19.5 Å². The smallest absolute Gasteiger partial charge is 0.323 e. The van der Waals surface area contributed by atoms with Gasteiger partial charge in [0.05, 0.1) is 17.7 Å². The van der Waals surface area contributed by atoms with E-state index in [1.807, 2.05) is 24.3 Å². The Balaban J connectivity index is 2.36. The summed E-state index contributed by atoms with van der Waals surface area (Å²) in [5.41, 5.74) is 0. The summed E-state index contributed by atoms with van der Waals surface area (Å²) >= 11 is 3.38. The number of halogens is 1. The fourth-order valence-electron chi connectivity index (χ4n) is 1.78. The minimum Gasteiger partial charge on any atom is -0.492 e. The monoisotopic (exact) mass is 373 g/mol. The first kappa shape index (κ1) is 18.4. The molecule has 1 aromatic rings. The summed E-state index contributed by atoms with van der Waals surface area (Å²) < 4.78 is 11.3. The number of hydrogen-bond donors (Lipinski definition) is 1. The molecule has 0 aromatic heterocycles. The van der Waals surface area contributed by atoms with Crippen LogP contribution in [0, 0.1) is 0 Å². The van der Waals surface area contributed by atoms with E-state index in [9.17, 15) is 9.59 Å². The maximum Gasteiger partial charge on any atom is 0.323 e. The Labute approximate surface area is 138 Å². The van der Waals surface area contributed by atoms with Crippen molar-refractivity contribution < 1.29 is 24.2 Å². The zero-order valence-electron chi connectivity index (χ0n) is 12.5. The highest BCUT2D eigenvalue weighted by Gasteiger charge is 2.16.